The second-order valence-electron chi connectivity index (χ2n) is 7.92. The van der Waals surface area contributed by atoms with Gasteiger partial charge in [0.15, 0.2) is 0 Å². The highest BCUT2D eigenvalue weighted by Gasteiger charge is 2.15. The van der Waals surface area contributed by atoms with Gasteiger partial charge in [0.05, 0.1) is 0 Å². The molecule has 2 rings (SSSR count). The van der Waals surface area contributed by atoms with E-state index >= 15 is 0 Å². The van der Waals surface area contributed by atoms with E-state index in [-0.39, 0.29) is 10.8 Å². The molecule has 0 saturated carbocycles. The molecule has 4 heteroatoms. The predicted molar refractivity (Wildman–Crippen MR) is 99.7 cm³/mol. The van der Waals surface area contributed by atoms with Gasteiger partial charge in [-0.1, -0.05) is 65.8 Å². The zero-order valence-electron chi connectivity index (χ0n) is 15.3. The summed E-state index contributed by atoms with van der Waals surface area (Å²) in [5, 5.41) is 0. The Balaban J connectivity index is 1.98. The Morgan fingerprint density at radius 3 is 1.17 bits per heavy atom. The van der Waals surface area contributed by atoms with Crippen LogP contribution in [0.25, 0.3) is 0 Å². The van der Waals surface area contributed by atoms with Gasteiger partial charge in [-0.05, 0) is 46.2 Å². The topological polar surface area (TPSA) is 35.5 Å². The van der Waals surface area contributed by atoms with Gasteiger partial charge in [0.1, 0.15) is 11.5 Å². The summed E-state index contributed by atoms with van der Waals surface area (Å²) < 4.78 is 22.7. The Bertz CT molecular complexity index is 628. The van der Waals surface area contributed by atoms with Crippen LogP contribution < -0.4 is 8.37 Å². The van der Waals surface area contributed by atoms with Gasteiger partial charge in [-0.2, -0.15) is 4.21 Å². The lowest BCUT2D eigenvalue weighted by Crippen LogP contribution is -2.12. The van der Waals surface area contributed by atoms with Crippen LogP contribution >= 0.6 is 0 Å². The van der Waals surface area contributed by atoms with E-state index in [1.54, 1.807) is 0 Å². The first-order valence-corrected chi connectivity index (χ1v) is 9.05. The molecule has 3 nitrogen and oxygen atoms in total. The quantitative estimate of drug-likeness (QED) is 0.752. The molecule has 0 bridgehead atoms. The number of hydrogen-bond acceptors (Lipinski definition) is 3. The average molecular weight is 346 g/mol. The van der Waals surface area contributed by atoms with Crippen LogP contribution in [-0.2, 0) is 22.2 Å². The van der Waals surface area contributed by atoms with E-state index in [9.17, 15) is 4.21 Å². The fourth-order valence-electron chi connectivity index (χ4n) is 2.20. The Hall–Kier alpha value is -1.81. The molecule has 2 aromatic carbocycles. The van der Waals surface area contributed by atoms with Crippen molar-refractivity contribution in [2.75, 3.05) is 0 Å². The fourth-order valence-corrected chi connectivity index (χ4v) is 2.77. The van der Waals surface area contributed by atoms with Gasteiger partial charge in [-0.25, -0.2) is 0 Å². The molecule has 0 aliphatic heterocycles. The Labute approximate surface area is 147 Å². The molecule has 0 atom stereocenters. The average Bonchev–Trinajstić information content (AvgIpc) is 2.46. The molecule has 0 spiro atoms. The summed E-state index contributed by atoms with van der Waals surface area (Å²) in [6.07, 6.45) is 0. The van der Waals surface area contributed by atoms with Crippen molar-refractivity contribution in [3.63, 3.8) is 0 Å². The first kappa shape index (κ1) is 18.5. The summed E-state index contributed by atoms with van der Waals surface area (Å²) in [4.78, 5) is 0. The van der Waals surface area contributed by atoms with Crippen molar-refractivity contribution in [3.8, 4) is 11.5 Å². The number of hydrogen-bond donors (Lipinski definition) is 0. The minimum Gasteiger partial charge on any atom is -0.371 e. The highest BCUT2D eigenvalue weighted by Crippen LogP contribution is 2.26. The summed E-state index contributed by atoms with van der Waals surface area (Å²) in [7, 11) is 0. The van der Waals surface area contributed by atoms with Crippen LogP contribution in [0.4, 0.5) is 0 Å². The molecular formula is C20H26O3S. The van der Waals surface area contributed by atoms with Gasteiger partial charge in [-0.15, -0.1) is 0 Å². The minimum absolute atomic E-state index is 0.0724. The first-order chi connectivity index (χ1) is 11.1. The van der Waals surface area contributed by atoms with E-state index in [1.165, 1.54) is 11.1 Å². The maximum absolute atomic E-state index is 12.0. The van der Waals surface area contributed by atoms with Crippen LogP contribution in [0, 0.1) is 0 Å². The van der Waals surface area contributed by atoms with Crippen molar-refractivity contribution in [3.05, 3.63) is 59.7 Å². The fraction of sp³-hybridized carbons (Fsp3) is 0.400. The third-order valence-electron chi connectivity index (χ3n) is 3.77. The normalized spacial score (nSPS) is 12.3. The third-order valence-corrected chi connectivity index (χ3v) is 4.43. The largest absolute Gasteiger partial charge is 0.417 e. The van der Waals surface area contributed by atoms with Crippen molar-refractivity contribution in [2.45, 2.75) is 52.4 Å². The second-order valence-corrected chi connectivity index (χ2v) is 8.66. The molecule has 0 unspecified atom stereocenters. The molecule has 0 aliphatic rings. The highest BCUT2D eigenvalue weighted by atomic mass is 32.2. The van der Waals surface area contributed by atoms with Crippen molar-refractivity contribution in [1.29, 1.82) is 0 Å². The van der Waals surface area contributed by atoms with Gasteiger partial charge in [0.25, 0.3) is 0 Å². The molecule has 0 aliphatic carbocycles. The molecular weight excluding hydrogens is 320 g/mol. The lowest BCUT2D eigenvalue weighted by atomic mass is 9.87. The molecule has 0 N–H and O–H groups in total. The zero-order chi connectivity index (χ0) is 18.0. The minimum atomic E-state index is -1.88. The van der Waals surface area contributed by atoms with Crippen molar-refractivity contribution in [1.82, 2.24) is 0 Å². The summed E-state index contributed by atoms with van der Waals surface area (Å²) in [5.41, 5.74) is 2.53. The van der Waals surface area contributed by atoms with Crippen LogP contribution in [-0.4, -0.2) is 4.21 Å². The summed E-state index contributed by atoms with van der Waals surface area (Å²) in [6.45, 7) is 12.9. The maximum Gasteiger partial charge on any atom is 0.417 e. The van der Waals surface area contributed by atoms with E-state index in [4.69, 9.17) is 8.37 Å². The van der Waals surface area contributed by atoms with Crippen LogP contribution in [0.3, 0.4) is 0 Å². The Morgan fingerprint density at radius 1 is 0.625 bits per heavy atom. The van der Waals surface area contributed by atoms with E-state index < -0.39 is 11.4 Å². The van der Waals surface area contributed by atoms with E-state index in [1.807, 2.05) is 48.5 Å². The standard InChI is InChI=1S/C20H26O3S/c1-19(2,3)15-7-11-17(12-8-15)22-24(21)23-18-13-9-16(10-14-18)20(4,5)6/h7-14H,1-6H3. The highest BCUT2D eigenvalue weighted by molar-refractivity contribution is 7.75. The van der Waals surface area contributed by atoms with Gasteiger partial charge in [0, 0.05) is 0 Å². The van der Waals surface area contributed by atoms with Gasteiger partial charge >= 0.3 is 11.4 Å². The Kier molecular flexibility index (Phi) is 5.38. The molecule has 0 heterocycles. The molecule has 24 heavy (non-hydrogen) atoms. The SMILES string of the molecule is CC(C)(C)c1ccc(OS(=O)Oc2ccc(C(C)(C)C)cc2)cc1. The molecule has 0 saturated heterocycles. The predicted octanol–water partition coefficient (Wildman–Crippen LogP) is 5.32. The van der Waals surface area contributed by atoms with Crippen molar-refractivity contribution >= 4 is 11.4 Å². The van der Waals surface area contributed by atoms with Crippen LogP contribution in [0.2, 0.25) is 0 Å². The summed E-state index contributed by atoms with van der Waals surface area (Å²) in [6, 6.07) is 15.1. The number of benzene rings is 2. The van der Waals surface area contributed by atoms with E-state index in [2.05, 4.69) is 41.5 Å². The number of rotatable bonds is 4. The van der Waals surface area contributed by atoms with Crippen molar-refractivity contribution < 1.29 is 12.6 Å². The van der Waals surface area contributed by atoms with Crippen molar-refractivity contribution in [2.24, 2.45) is 0 Å². The second kappa shape index (κ2) is 6.98. The van der Waals surface area contributed by atoms with Gasteiger partial charge in [0.2, 0.25) is 0 Å². The van der Waals surface area contributed by atoms with Crippen LogP contribution in [0.5, 0.6) is 11.5 Å². The molecule has 130 valence electrons. The molecule has 0 amide bonds. The molecule has 2 aromatic rings. The maximum atomic E-state index is 12.0. The van der Waals surface area contributed by atoms with Gasteiger partial charge < -0.3 is 8.37 Å². The summed E-state index contributed by atoms with van der Waals surface area (Å²) >= 11 is -1.88. The smallest absolute Gasteiger partial charge is 0.371 e. The lowest BCUT2D eigenvalue weighted by molar-refractivity contribution is 0.461. The van der Waals surface area contributed by atoms with Gasteiger partial charge in [-0.3, -0.25) is 0 Å². The molecule has 0 radical (unpaired) electrons. The zero-order valence-corrected chi connectivity index (χ0v) is 16.1. The summed E-state index contributed by atoms with van der Waals surface area (Å²) in [5.74, 6) is 1.04. The van der Waals surface area contributed by atoms with E-state index in [0.717, 1.165) is 0 Å². The monoisotopic (exact) mass is 346 g/mol. The van der Waals surface area contributed by atoms with Crippen LogP contribution in [0.15, 0.2) is 48.5 Å². The Morgan fingerprint density at radius 2 is 0.917 bits per heavy atom. The van der Waals surface area contributed by atoms with Crippen LogP contribution in [0.1, 0.15) is 52.7 Å². The molecule has 0 aromatic heterocycles. The van der Waals surface area contributed by atoms with E-state index in [0.29, 0.717) is 11.5 Å². The first-order valence-electron chi connectivity index (χ1n) is 8.05. The lowest BCUT2D eigenvalue weighted by Gasteiger charge is -2.19. The third kappa shape index (κ3) is 5.10. The molecule has 0 fully saturated rings.